The number of carbonyl (C=O) groups excluding carboxylic acids is 2. The summed E-state index contributed by atoms with van der Waals surface area (Å²) in [7, 11) is 1.64. The molecule has 0 aliphatic heterocycles. The van der Waals surface area contributed by atoms with E-state index in [1.54, 1.807) is 14.0 Å². The van der Waals surface area contributed by atoms with E-state index in [-0.39, 0.29) is 11.7 Å². The van der Waals surface area contributed by atoms with Gasteiger partial charge >= 0.3 is 5.97 Å². The average molecular weight is 360 g/mol. The van der Waals surface area contributed by atoms with Crippen LogP contribution in [0, 0.1) is 11.3 Å². The summed E-state index contributed by atoms with van der Waals surface area (Å²) < 4.78 is 5.27. The number of rotatable bonds is 6. The lowest BCUT2D eigenvalue weighted by Gasteiger charge is -2.39. The second-order valence-corrected chi connectivity index (χ2v) is 7.38. The molecule has 1 aliphatic carbocycles. The molecule has 0 saturated heterocycles. The van der Waals surface area contributed by atoms with Crippen LogP contribution in [-0.2, 0) is 14.3 Å². The summed E-state index contributed by atoms with van der Waals surface area (Å²) in [5.41, 5.74) is -0.769. The molecule has 1 fully saturated rings. The summed E-state index contributed by atoms with van der Waals surface area (Å²) >= 11 is 1.37. The Hall–Kier alpha value is -2.00. The summed E-state index contributed by atoms with van der Waals surface area (Å²) in [6, 6.07) is 11.9. The Balaban J connectivity index is 1.88. The predicted octanol–water partition coefficient (Wildman–Crippen LogP) is 3.40. The van der Waals surface area contributed by atoms with Crippen LogP contribution in [0.2, 0.25) is 0 Å². The Morgan fingerprint density at radius 2 is 1.92 bits per heavy atom. The SMILES string of the molecule is C[C@@H](OC(=O)CSc1ccccc1)C(=O)N(C)C1(C#N)CCCCC1. The van der Waals surface area contributed by atoms with E-state index in [0.29, 0.717) is 12.8 Å². The van der Waals surface area contributed by atoms with Gasteiger partial charge in [0, 0.05) is 11.9 Å². The van der Waals surface area contributed by atoms with Gasteiger partial charge in [-0.25, -0.2) is 0 Å². The average Bonchev–Trinajstić information content (AvgIpc) is 2.66. The van der Waals surface area contributed by atoms with Gasteiger partial charge in [0.2, 0.25) is 0 Å². The molecule has 1 aromatic rings. The summed E-state index contributed by atoms with van der Waals surface area (Å²) in [6.45, 7) is 1.57. The fourth-order valence-corrected chi connectivity index (χ4v) is 3.79. The second-order valence-electron chi connectivity index (χ2n) is 6.34. The standard InChI is InChI=1S/C19H24N2O3S/c1-15(24-17(22)13-25-16-9-5-3-6-10-16)18(23)21(2)19(14-20)11-7-4-8-12-19/h3,5-6,9-10,15H,4,7-8,11-13H2,1-2H3/t15-/m1/s1. The minimum absolute atomic E-state index is 0.148. The highest BCUT2D eigenvalue weighted by Crippen LogP contribution is 2.33. The monoisotopic (exact) mass is 360 g/mol. The predicted molar refractivity (Wildman–Crippen MR) is 96.9 cm³/mol. The highest BCUT2D eigenvalue weighted by atomic mass is 32.2. The highest BCUT2D eigenvalue weighted by Gasteiger charge is 2.40. The molecule has 1 atom stereocenters. The van der Waals surface area contributed by atoms with Crippen LogP contribution in [0.3, 0.4) is 0 Å². The van der Waals surface area contributed by atoms with E-state index in [1.807, 2.05) is 30.3 Å². The number of hydrogen-bond donors (Lipinski definition) is 0. The minimum Gasteiger partial charge on any atom is -0.452 e. The second kappa shape index (κ2) is 8.91. The quantitative estimate of drug-likeness (QED) is 0.574. The zero-order valence-corrected chi connectivity index (χ0v) is 15.6. The number of esters is 1. The van der Waals surface area contributed by atoms with Crippen molar-refractivity contribution in [2.75, 3.05) is 12.8 Å². The van der Waals surface area contributed by atoms with Gasteiger partial charge in [0.15, 0.2) is 6.10 Å². The van der Waals surface area contributed by atoms with E-state index in [1.165, 1.54) is 16.7 Å². The Labute approximate surface area is 153 Å². The van der Waals surface area contributed by atoms with E-state index >= 15 is 0 Å². The van der Waals surface area contributed by atoms with E-state index in [0.717, 1.165) is 24.2 Å². The number of hydrogen-bond acceptors (Lipinski definition) is 5. The number of nitrogens with zero attached hydrogens (tertiary/aromatic N) is 2. The number of carbonyl (C=O) groups is 2. The van der Waals surface area contributed by atoms with Crippen molar-refractivity contribution in [3.8, 4) is 6.07 Å². The maximum Gasteiger partial charge on any atom is 0.317 e. The first kappa shape index (κ1) is 19.3. The van der Waals surface area contributed by atoms with Crippen LogP contribution in [-0.4, -0.2) is 41.2 Å². The van der Waals surface area contributed by atoms with Crippen LogP contribution in [0.4, 0.5) is 0 Å². The van der Waals surface area contributed by atoms with Crippen molar-refractivity contribution < 1.29 is 14.3 Å². The molecule has 0 aromatic heterocycles. The molecule has 0 heterocycles. The van der Waals surface area contributed by atoms with Crippen molar-refractivity contribution in [2.24, 2.45) is 0 Å². The molecule has 25 heavy (non-hydrogen) atoms. The molecule has 0 bridgehead atoms. The van der Waals surface area contributed by atoms with Gasteiger partial charge in [0.25, 0.3) is 5.91 Å². The van der Waals surface area contributed by atoms with Gasteiger partial charge in [0.05, 0.1) is 11.8 Å². The van der Waals surface area contributed by atoms with Gasteiger partial charge in [-0.2, -0.15) is 5.26 Å². The first-order valence-electron chi connectivity index (χ1n) is 8.55. The molecule has 0 radical (unpaired) electrons. The fourth-order valence-electron chi connectivity index (χ4n) is 3.08. The van der Waals surface area contributed by atoms with Crippen molar-refractivity contribution in [1.82, 2.24) is 4.90 Å². The lowest BCUT2D eigenvalue weighted by Crippen LogP contribution is -2.53. The van der Waals surface area contributed by atoms with E-state index in [4.69, 9.17) is 4.74 Å². The molecule has 0 spiro atoms. The van der Waals surface area contributed by atoms with Crippen LogP contribution >= 0.6 is 11.8 Å². The van der Waals surface area contributed by atoms with Gasteiger partial charge in [-0.3, -0.25) is 9.59 Å². The molecule has 1 amide bonds. The van der Waals surface area contributed by atoms with Crippen LogP contribution in [0.1, 0.15) is 39.0 Å². The largest absolute Gasteiger partial charge is 0.452 e. The first-order valence-corrected chi connectivity index (χ1v) is 9.53. The molecule has 5 nitrogen and oxygen atoms in total. The number of likely N-dealkylation sites (N-methyl/N-ethyl adjacent to an activating group) is 1. The Kier molecular flexibility index (Phi) is 6.89. The summed E-state index contributed by atoms with van der Waals surface area (Å²) in [4.78, 5) is 27.1. The highest BCUT2D eigenvalue weighted by molar-refractivity contribution is 8.00. The smallest absolute Gasteiger partial charge is 0.317 e. The summed E-state index contributed by atoms with van der Waals surface area (Å²) in [6.07, 6.45) is 3.43. The third-order valence-corrected chi connectivity index (χ3v) is 5.60. The van der Waals surface area contributed by atoms with Crippen molar-refractivity contribution in [2.45, 2.75) is 55.6 Å². The zero-order valence-electron chi connectivity index (χ0n) is 14.7. The van der Waals surface area contributed by atoms with Crippen LogP contribution < -0.4 is 0 Å². The van der Waals surface area contributed by atoms with Crippen LogP contribution in [0.15, 0.2) is 35.2 Å². The first-order chi connectivity index (χ1) is 12.0. The van der Waals surface area contributed by atoms with Gasteiger partial charge in [-0.15, -0.1) is 11.8 Å². The molecule has 0 unspecified atom stereocenters. The molecule has 1 saturated carbocycles. The van der Waals surface area contributed by atoms with Gasteiger partial charge in [-0.1, -0.05) is 37.5 Å². The maximum absolute atomic E-state index is 12.6. The fraction of sp³-hybridized carbons (Fsp3) is 0.526. The van der Waals surface area contributed by atoms with E-state index in [9.17, 15) is 14.9 Å². The van der Waals surface area contributed by atoms with Crippen molar-refractivity contribution >= 4 is 23.6 Å². The maximum atomic E-state index is 12.6. The number of amides is 1. The molecule has 134 valence electrons. The molecule has 0 N–H and O–H groups in total. The molecule has 1 aromatic carbocycles. The number of ether oxygens (including phenoxy) is 1. The van der Waals surface area contributed by atoms with Gasteiger partial charge in [0.1, 0.15) is 5.54 Å². The van der Waals surface area contributed by atoms with Crippen LogP contribution in [0.25, 0.3) is 0 Å². The van der Waals surface area contributed by atoms with Crippen molar-refractivity contribution in [3.63, 3.8) is 0 Å². The molecule has 2 rings (SSSR count). The summed E-state index contributed by atoms with van der Waals surface area (Å²) in [5, 5.41) is 9.58. The minimum atomic E-state index is -0.888. The van der Waals surface area contributed by atoms with Gasteiger partial charge < -0.3 is 9.64 Å². The Bertz CT molecular complexity index is 636. The van der Waals surface area contributed by atoms with E-state index < -0.39 is 17.6 Å². The Morgan fingerprint density at radius 3 is 2.52 bits per heavy atom. The van der Waals surface area contributed by atoms with Crippen molar-refractivity contribution in [3.05, 3.63) is 30.3 Å². The number of thioether (sulfide) groups is 1. The Morgan fingerprint density at radius 1 is 1.28 bits per heavy atom. The van der Waals surface area contributed by atoms with E-state index in [2.05, 4.69) is 6.07 Å². The topological polar surface area (TPSA) is 70.4 Å². The third kappa shape index (κ3) is 4.99. The lowest BCUT2D eigenvalue weighted by molar-refractivity contribution is -0.159. The number of benzene rings is 1. The molecular formula is C19H24N2O3S. The lowest BCUT2D eigenvalue weighted by atomic mass is 9.81. The zero-order chi connectivity index (χ0) is 18.3. The third-order valence-electron chi connectivity index (χ3n) is 4.62. The molecule has 6 heteroatoms. The van der Waals surface area contributed by atoms with Gasteiger partial charge in [-0.05, 0) is 31.9 Å². The normalized spacial score (nSPS) is 17.2. The van der Waals surface area contributed by atoms with Crippen molar-refractivity contribution in [1.29, 1.82) is 5.26 Å². The molecule has 1 aliphatic rings. The summed E-state index contributed by atoms with van der Waals surface area (Å²) in [5.74, 6) is -0.603. The molecular weight excluding hydrogens is 336 g/mol. The van der Waals surface area contributed by atoms with Crippen LogP contribution in [0.5, 0.6) is 0 Å². The number of nitriles is 1.